The Morgan fingerprint density at radius 1 is 0.933 bits per heavy atom. The zero-order valence-corrected chi connectivity index (χ0v) is 25.7. The van der Waals surface area contributed by atoms with Gasteiger partial charge in [0, 0.05) is 23.0 Å². The number of aromatic hydroxyl groups is 1. The molecule has 1 aromatic heterocycles. The number of aryl methyl sites for hydroxylation is 1. The summed E-state index contributed by atoms with van der Waals surface area (Å²) in [6.07, 6.45) is 1.79. The summed E-state index contributed by atoms with van der Waals surface area (Å²) in [5.74, 6) is -0.910. The second kappa shape index (κ2) is 15.7. The van der Waals surface area contributed by atoms with Crippen molar-refractivity contribution in [3.05, 3.63) is 113 Å². The van der Waals surface area contributed by atoms with Gasteiger partial charge in [0.15, 0.2) is 5.71 Å². The molecule has 0 aliphatic carbocycles. The van der Waals surface area contributed by atoms with E-state index in [4.69, 9.17) is 0 Å². The maximum Gasteiger partial charge on any atom is 0.280 e. The van der Waals surface area contributed by atoms with Crippen LogP contribution in [0, 0.1) is 6.92 Å². The first-order valence-electron chi connectivity index (χ1n) is 13.8. The third kappa shape index (κ3) is 8.25. The number of aromatic nitrogens is 1. The summed E-state index contributed by atoms with van der Waals surface area (Å²) < 4.78 is 1.15. The lowest BCUT2D eigenvalue weighted by molar-refractivity contribution is -0.122. The molecule has 0 unspecified atom stereocenters. The highest BCUT2D eigenvalue weighted by molar-refractivity contribution is 6.46. The van der Waals surface area contributed by atoms with Crippen molar-refractivity contribution in [2.24, 2.45) is 15.3 Å². The summed E-state index contributed by atoms with van der Waals surface area (Å²) in [6.45, 7) is 13.8. The standard InChI is InChI=1S/C30H33N9O4.C2H4/c1-18-13-20(3)38(16-31-4)29(42)26(18)37-35-24-8-6-7-23(15-24)33-28(41)21-9-11-22(12-10-21)34-36-27-19(2)14-25(40)39(17-32-5)30(27)43;1-2/h6-15,31-32,35,43H,3,16-17H2,1-2,4-5H3,(H,33,41);1-2H2. The third-order valence-electron chi connectivity index (χ3n) is 6.44. The fourth-order valence-electron chi connectivity index (χ4n) is 4.24. The number of hydrazone groups is 1. The van der Waals surface area contributed by atoms with Crippen LogP contribution in [0.15, 0.2) is 112 Å². The Morgan fingerprint density at radius 3 is 2.27 bits per heavy atom. The van der Waals surface area contributed by atoms with Crippen LogP contribution in [0.3, 0.4) is 0 Å². The van der Waals surface area contributed by atoms with Crippen molar-refractivity contribution in [2.45, 2.75) is 20.5 Å². The average Bonchev–Trinajstić information content (AvgIpc) is 3.02. The highest BCUT2D eigenvalue weighted by Crippen LogP contribution is 2.30. The quantitative estimate of drug-likeness (QED) is 0.125. The molecule has 0 radical (unpaired) electrons. The van der Waals surface area contributed by atoms with Crippen molar-refractivity contribution in [3.63, 3.8) is 0 Å². The molecule has 0 fully saturated rings. The van der Waals surface area contributed by atoms with Crippen LogP contribution in [0.4, 0.5) is 22.7 Å². The van der Waals surface area contributed by atoms with Gasteiger partial charge in [-0.05, 0) is 87.6 Å². The SMILES string of the molecule is C=C.C=C1C=C(C)C(=NNc2cccc(NC(=O)c3ccc(N=Nc4c(C)cc(=O)n(CNC)c4O)cc3)c2)C(=O)N1CNC. The molecule has 13 heteroatoms. The average molecular weight is 612 g/mol. The number of azo groups is 1. The molecule has 0 saturated heterocycles. The van der Waals surface area contributed by atoms with Crippen LogP contribution in [0.5, 0.6) is 5.88 Å². The number of hydrogen-bond donors (Lipinski definition) is 5. The fourth-order valence-corrected chi connectivity index (χ4v) is 4.24. The predicted molar refractivity (Wildman–Crippen MR) is 177 cm³/mol. The van der Waals surface area contributed by atoms with E-state index in [1.807, 2.05) is 0 Å². The van der Waals surface area contributed by atoms with Gasteiger partial charge in [-0.15, -0.1) is 18.3 Å². The first kappa shape index (κ1) is 33.8. The van der Waals surface area contributed by atoms with Crippen molar-refractivity contribution >= 4 is 40.3 Å². The zero-order valence-electron chi connectivity index (χ0n) is 25.7. The lowest BCUT2D eigenvalue weighted by atomic mass is 10.1. The molecule has 0 saturated carbocycles. The minimum absolute atomic E-state index is 0.118. The molecule has 234 valence electrons. The van der Waals surface area contributed by atoms with E-state index in [9.17, 15) is 19.5 Å². The Labute approximate surface area is 261 Å². The summed E-state index contributed by atoms with van der Waals surface area (Å²) in [6, 6.07) is 14.7. The fraction of sp³-hybridized carbons (Fsp3) is 0.188. The monoisotopic (exact) mass is 611 g/mol. The Morgan fingerprint density at radius 2 is 1.60 bits per heavy atom. The predicted octanol–water partition coefficient (Wildman–Crippen LogP) is 4.76. The van der Waals surface area contributed by atoms with Gasteiger partial charge in [-0.1, -0.05) is 12.6 Å². The summed E-state index contributed by atoms with van der Waals surface area (Å²) >= 11 is 0. The number of rotatable bonds is 10. The topological polar surface area (TPSA) is 165 Å². The van der Waals surface area contributed by atoms with Crippen molar-refractivity contribution in [3.8, 4) is 5.88 Å². The van der Waals surface area contributed by atoms with Gasteiger partial charge in [0.05, 0.1) is 24.7 Å². The third-order valence-corrected chi connectivity index (χ3v) is 6.44. The van der Waals surface area contributed by atoms with Crippen LogP contribution in [-0.4, -0.2) is 52.9 Å². The lowest BCUT2D eigenvalue weighted by Gasteiger charge is -2.27. The van der Waals surface area contributed by atoms with Crippen molar-refractivity contribution in [1.82, 2.24) is 20.1 Å². The number of anilines is 2. The van der Waals surface area contributed by atoms with Gasteiger partial charge in [-0.25, -0.2) is 0 Å². The number of benzene rings is 2. The highest BCUT2D eigenvalue weighted by atomic mass is 16.3. The normalized spacial score (nSPS) is 13.8. The minimum atomic E-state index is -0.358. The van der Waals surface area contributed by atoms with E-state index < -0.39 is 0 Å². The number of hydrogen-bond acceptors (Lipinski definition) is 10. The Hall–Kier alpha value is -5.66. The molecular weight excluding hydrogens is 574 g/mol. The second-order valence-corrected chi connectivity index (χ2v) is 9.70. The number of allylic oxidation sites excluding steroid dienone is 1. The van der Waals surface area contributed by atoms with E-state index >= 15 is 0 Å². The molecule has 2 aromatic carbocycles. The minimum Gasteiger partial charge on any atom is -0.493 e. The number of nitrogens with zero attached hydrogens (tertiary/aromatic N) is 5. The summed E-state index contributed by atoms with van der Waals surface area (Å²) in [5, 5.41) is 31.7. The van der Waals surface area contributed by atoms with Crippen molar-refractivity contribution in [2.75, 3.05) is 31.5 Å². The van der Waals surface area contributed by atoms with Gasteiger partial charge in [-0.2, -0.15) is 10.2 Å². The number of nitrogens with one attached hydrogen (secondary N) is 4. The summed E-state index contributed by atoms with van der Waals surface area (Å²) in [7, 11) is 3.40. The molecule has 2 heterocycles. The first-order chi connectivity index (χ1) is 21.6. The van der Waals surface area contributed by atoms with E-state index in [1.165, 1.54) is 11.0 Å². The van der Waals surface area contributed by atoms with E-state index in [0.29, 0.717) is 46.1 Å². The lowest BCUT2D eigenvalue weighted by Crippen LogP contribution is -2.43. The molecule has 45 heavy (non-hydrogen) atoms. The zero-order chi connectivity index (χ0) is 33.1. The molecule has 2 amide bonds. The van der Waals surface area contributed by atoms with E-state index in [2.05, 4.69) is 56.4 Å². The molecule has 4 rings (SSSR count). The Bertz CT molecular complexity index is 1720. The molecular formula is C32H37N9O4. The summed E-state index contributed by atoms with van der Waals surface area (Å²) in [4.78, 5) is 39.4. The van der Waals surface area contributed by atoms with Crippen molar-refractivity contribution < 1.29 is 14.7 Å². The Kier molecular flexibility index (Phi) is 11.8. The molecule has 0 spiro atoms. The van der Waals surface area contributed by atoms with Gasteiger partial charge in [0.2, 0.25) is 5.88 Å². The maximum atomic E-state index is 12.9. The van der Waals surface area contributed by atoms with Gasteiger partial charge >= 0.3 is 0 Å². The molecule has 1 aliphatic rings. The van der Waals surface area contributed by atoms with E-state index in [0.717, 1.165) is 4.57 Å². The number of amides is 2. The van der Waals surface area contributed by atoms with Crippen LogP contribution in [0.1, 0.15) is 22.8 Å². The smallest absolute Gasteiger partial charge is 0.280 e. The van der Waals surface area contributed by atoms with Crippen LogP contribution in [-0.2, 0) is 11.5 Å². The first-order valence-corrected chi connectivity index (χ1v) is 13.8. The molecule has 0 bridgehead atoms. The number of carbonyl (C=O) groups excluding carboxylic acids is 2. The molecule has 13 nitrogen and oxygen atoms in total. The maximum absolute atomic E-state index is 12.9. The number of carbonyl (C=O) groups is 2. The number of pyridine rings is 1. The van der Waals surface area contributed by atoms with Crippen molar-refractivity contribution in [1.29, 1.82) is 0 Å². The van der Waals surface area contributed by atoms with Gasteiger partial charge in [0.25, 0.3) is 17.4 Å². The highest BCUT2D eigenvalue weighted by Gasteiger charge is 2.27. The van der Waals surface area contributed by atoms with Gasteiger partial charge in [-0.3, -0.25) is 29.3 Å². The molecule has 0 atom stereocenters. The molecule has 5 N–H and O–H groups in total. The van der Waals surface area contributed by atoms with Crippen LogP contribution < -0.4 is 26.9 Å². The van der Waals surface area contributed by atoms with Crippen LogP contribution in [0.25, 0.3) is 0 Å². The van der Waals surface area contributed by atoms with Crippen LogP contribution in [0.2, 0.25) is 0 Å². The van der Waals surface area contributed by atoms with E-state index in [-0.39, 0.29) is 41.3 Å². The summed E-state index contributed by atoms with van der Waals surface area (Å²) in [5.41, 5.74) is 6.66. The van der Waals surface area contributed by atoms with Gasteiger partial charge in [0.1, 0.15) is 5.69 Å². The largest absolute Gasteiger partial charge is 0.493 e. The van der Waals surface area contributed by atoms with Gasteiger partial charge < -0.3 is 21.1 Å². The Balaban J connectivity index is 0.00000271. The van der Waals surface area contributed by atoms with E-state index in [1.54, 1.807) is 82.5 Å². The van der Waals surface area contributed by atoms with Crippen LogP contribution >= 0.6 is 0 Å². The molecule has 3 aromatic rings. The second-order valence-electron chi connectivity index (χ2n) is 9.70. The molecule has 1 aliphatic heterocycles.